The predicted octanol–water partition coefficient (Wildman–Crippen LogP) is 1.54. The second kappa shape index (κ2) is 4.21. The lowest BCUT2D eigenvalue weighted by Crippen LogP contribution is -2.24. The van der Waals surface area contributed by atoms with Crippen LogP contribution in [0.1, 0.15) is 16.1 Å². The molecule has 2 heterocycles. The number of hydrogen-bond acceptors (Lipinski definition) is 4. The Kier molecular flexibility index (Phi) is 2.75. The molecule has 0 bridgehead atoms. The zero-order valence-electron chi connectivity index (χ0n) is 10.00. The zero-order valence-corrected chi connectivity index (χ0v) is 11.6. The maximum Gasteiger partial charge on any atom is 0.258 e. The van der Waals surface area contributed by atoms with Gasteiger partial charge in [0, 0.05) is 11.2 Å². The van der Waals surface area contributed by atoms with E-state index in [0.717, 1.165) is 10.1 Å². The van der Waals surface area contributed by atoms with E-state index in [4.69, 9.17) is 5.73 Å². The lowest BCUT2D eigenvalue weighted by atomic mass is 10.2. The molecule has 0 aliphatic carbocycles. The molecule has 1 aromatic carbocycles. The standard InChI is InChI=1S/C12H12N2O3S2/c13-12(15)11-7-8-6-9(2-3-10(8)18-11)14-4-1-5-19(14,16)17/h2-3,6-7H,1,4-5H2,(H2,13,15). The number of amides is 1. The van der Waals surface area contributed by atoms with Crippen molar-refractivity contribution in [1.29, 1.82) is 0 Å². The summed E-state index contributed by atoms with van der Waals surface area (Å²) < 4.78 is 26.1. The smallest absolute Gasteiger partial charge is 0.258 e. The van der Waals surface area contributed by atoms with Crippen molar-refractivity contribution in [2.24, 2.45) is 5.73 Å². The molecule has 0 spiro atoms. The van der Waals surface area contributed by atoms with E-state index in [0.29, 0.717) is 23.5 Å². The van der Waals surface area contributed by atoms with Crippen LogP contribution in [0.4, 0.5) is 5.69 Å². The SMILES string of the molecule is NC(=O)c1cc2cc(N3CCCS3(=O)=O)ccc2s1. The lowest BCUT2D eigenvalue weighted by molar-refractivity contribution is 0.100. The van der Waals surface area contributed by atoms with E-state index in [1.54, 1.807) is 18.2 Å². The fourth-order valence-electron chi connectivity index (χ4n) is 2.24. The van der Waals surface area contributed by atoms with Crippen molar-refractivity contribution in [2.45, 2.75) is 6.42 Å². The number of nitrogens with zero attached hydrogens (tertiary/aromatic N) is 1. The first-order chi connectivity index (χ1) is 8.97. The maximum absolute atomic E-state index is 11.9. The fraction of sp³-hybridized carbons (Fsp3) is 0.250. The van der Waals surface area contributed by atoms with Crippen molar-refractivity contribution in [3.05, 3.63) is 29.1 Å². The Bertz CT molecular complexity index is 764. The van der Waals surface area contributed by atoms with Gasteiger partial charge in [0.2, 0.25) is 10.0 Å². The van der Waals surface area contributed by atoms with Crippen molar-refractivity contribution in [2.75, 3.05) is 16.6 Å². The first-order valence-electron chi connectivity index (χ1n) is 5.81. The van der Waals surface area contributed by atoms with Crippen LogP contribution in [0.15, 0.2) is 24.3 Å². The summed E-state index contributed by atoms with van der Waals surface area (Å²) in [5, 5.41) is 0.846. The second-order valence-electron chi connectivity index (χ2n) is 4.44. The summed E-state index contributed by atoms with van der Waals surface area (Å²) in [7, 11) is -3.17. The molecular weight excluding hydrogens is 284 g/mol. The van der Waals surface area contributed by atoms with Crippen LogP contribution in [0, 0.1) is 0 Å². The number of rotatable bonds is 2. The van der Waals surface area contributed by atoms with Gasteiger partial charge in [0.15, 0.2) is 0 Å². The Labute approximate surface area is 114 Å². The van der Waals surface area contributed by atoms with E-state index < -0.39 is 15.9 Å². The number of carbonyl (C=O) groups is 1. The van der Waals surface area contributed by atoms with Crippen molar-refractivity contribution < 1.29 is 13.2 Å². The molecule has 0 atom stereocenters. The molecule has 19 heavy (non-hydrogen) atoms. The van der Waals surface area contributed by atoms with E-state index >= 15 is 0 Å². The number of benzene rings is 1. The largest absolute Gasteiger partial charge is 0.365 e. The second-order valence-corrected chi connectivity index (χ2v) is 7.54. The fourth-order valence-corrected chi connectivity index (χ4v) is 4.69. The molecule has 1 aliphatic rings. The number of hydrogen-bond donors (Lipinski definition) is 1. The number of thiophene rings is 1. The molecule has 1 aliphatic heterocycles. The highest BCUT2D eigenvalue weighted by Crippen LogP contribution is 2.31. The summed E-state index contributed by atoms with van der Waals surface area (Å²) in [6, 6.07) is 7.09. The van der Waals surface area contributed by atoms with Gasteiger partial charge in [0.1, 0.15) is 0 Å². The Morgan fingerprint density at radius 1 is 1.32 bits per heavy atom. The minimum Gasteiger partial charge on any atom is -0.365 e. The van der Waals surface area contributed by atoms with Gasteiger partial charge in [-0.1, -0.05) is 0 Å². The van der Waals surface area contributed by atoms with Crippen LogP contribution in [-0.4, -0.2) is 26.6 Å². The number of primary amides is 1. The Balaban J connectivity index is 2.09. The van der Waals surface area contributed by atoms with Crippen molar-refractivity contribution in [3.63, 3.8) is 0 Å². The molecule has 5 nitrogen and oxygen atoms in total. The van der Waals surface area contributed by atoms with Gasteiger partial charge >= 0.3 is 0 Å². The molecule has 2 aromatic rings. The third-order valence-corrected chi connectivity index (χ3v) is 6.13. The highest BCUT2D eigenvalue weighted by molar-refractivity contribution is 7.93. The number of carbonyl (C=O) groups excluding carboxylic acids is 1. The third kappa shape index (κ3) is 2.08. The molecule has 3 rings (SSSR count). The Hall–Kier alpha value is -1.60. The first kappa shape index (κ1) is 12.4. The number of anilines is 1. The normalized spacial score (nSPS) is 18.0. The molecule has 1 saturated heterocycles. The zero-order chi connectivity index (χ0) is 13.6. The highest BCUT2D eigenvalue weighted by atomic mass is 32.2. The van der Waals surface area contributed by atoms with Crippen molar-refractivity contribution >= 4 is 43.0 Å². The average Bonchev–Trinajstić information content (AvgIpc) is 2.90. The first-order valence-corrected chi connectivity index (χ1v) is 8.24. The van der Waals surface area contributed by atoms with Gasteiger partial charge in [-0.2, -0.15) is 0 Å². The van der Waals surface area contributed by atoms with Gasteiger partial charge in [-0.3, -0.25) is 9.10 Å². The molecule has 0 unspecified atom stereocenters. The van der Waals surface area contributed by atoms with Crippen LogP contribution in [0.5, 0.6) is 0 Å². The molecule has 1 aromatic heterocycles. The number of sulfonamides is 1. The molecule has 7 heteroatoms. The van der Waals surface area contributed by atoms with Crippen LogP contribution in [0.2, 0.25) is 0 Å². The van der Waals surface area contributed by atoms with Crippen molar-refractivity contribution in [3.8, 4) is 0 Å². The summed E-state index contributed by atoms with van der Waals surface area (Å²) in [4.78, 5) is 11.6. The molecule has 0 radical (unpaired) electrons. The van der Waals surface area contributed by atoms with Gasteiger partial charge in [-0.25, -0.2) is 8.42 Å². The highest BCUT2D eigenvalue weighted by Gasteiger charge is 2.28. The van der Waals surface area contributed by atoms with Crippen LogP contribution in [0.3, 0.4) is 0 Å². The topological polar surface area (TPSA) is 80.5 Å². The monoisotopic (exact) mass is 296 g/mol. The van der Waals surface area contributed by atoms with Crippen molar-refractivity contribution in [1.82, 2.24) is 0 Å². The average molecular weight is 296 g/mol. The molecule has 2 N–H and O–H groups in total. The summed E-state index contributed by atoms with van der Waals surface area (Å²) in [6.07, 6.45) is 0.649. The number of fused-ring (bicyclic) bond motifs is 1. The molecular formula is C12H12N2O3S2. The Morgan fingerprint density at radius 2 is 2.11 bits per heavy atom. The van der Waals surface area contributed by atoms with Gasteiger partial charge < -0.3 is 5.73 Å². The quantitative estimate of drug-likeness (QED) is 0.912. The van der Waals surface area contributed by atoms with Gasteiger partial charge in [0.05, 0.1) is 16.3 Å². The van der Waals surface area contributed by atoms with Gasteiger partial charge in [0.25, 0.3) is 5.91 Å². The summed E-state index contributed by atoms with van der Waals surface area (Å²) in [5.41, 5.74) is 5.90. The summed E-state index contributed by atoms with van der Waals surface area (Å²) in [6.45, 7) is 0.515. The van der Waals surface area contributed by atoms with E-state index in [1.165, 1.54) is 15.6 Å². The minimum absolute atomic E-state index is 0.196. The minimum atomic E-state index is -3.17. The Morgan fingerprint density at radius 3 is 2.74 bits per heavy atom. The molecule has 1 amide bonds. The van der Waals surface area contributed by atoms with E-state index in [-0.39, 0.29) is 5.75 Å². The number of nitrogens with two attached hydrogens (primary N) is 1. The van der Waals surface area contributed by atoms with E-state index in [1.807, 2.05) is 6.07 Å². The molecule has 1 fully saturated rings. The van der Waals surface area contributed by atoms with Crippen LogP contribution >= 0.6 is 11.3 Å². The maximum atomic E-state index is 11.9. The third-order valence-electron chi connectivity index (χ3n) is 3.13. The van der Waals surface area contributed by atoms with Crippen LogP contribution in [-0.2, 0) is 10.0 Å². The summed E-state index contributed by atoms with van der Waals surface area (Å²) in [5.74, 6) is -0.266. The summed E-state index contributed by atoms with van der Waals surface area (Å²) >= 11 is 1.31. The van der Waals surface area contributed by atoms with E-state index in [9.17, 15) is 13.2 Å². The van der Waals surface area contributed by atoms with Gasteiger partial charge in [-0.15, -0.1) is 11.3 Å². The van der Waals surface area contributed by atoms with E-state index in [2.05, 4.69) is 0 Å². The van der Waals surface area contributed by atoms with Gasteiger partial charge in [-0.05, 0) is 36.1 Å². The molecule has 0 saturated carbocycles. The van der Waals surface area contributed by atoms with Crippen LogP contribution < -0.4 is 10.0 Å². The molecule has 100 valence electrons. The lowest BCUT2D eigenvalue weighted by Gasteiger charge is -2.16. The predicted molar refractivity (Wildman–Crippen MR) is 76.1 cm³/mol. The van der Waals surface area contributed by atoms with Crippen LogP contribution in [0.25, 0.3) is 10.1 Å².